The topological polar surface area (TPSA) is 110 Å². The minimum atomic E-state index is -0.250. The van der Waals surface area contributed by atoms with Gasteiger partial charge in [-0.2, -0.15) is 5.10 Å². The molecule has 2 atom stereocenters. The number of benzene rings is 1. The summed E-state index contributed by atoms with van der Waals surface area (Å²) in [6.45, 7) is 2.99. The zero-order valence-electron chi connectivity index (χ0n) is 17.5. The SMILES string of the molecule is O=C1N[C@@H]2COC[C@H]1CN(Cc1cn(-c3ccccc3)nc1-c1ccncc1)C2.O=CO. The molecule has 2 bridgehead atoms. The minimum Gasteiger partial charge on any atom is -0.483 e. The summed E-state index contributed by atoms with van der Waals surface area (Å²) in [5.74, 6) is -0.0274. The normalized spacial score (nSPS) is 20.4. The molecule has 2 N–H and O–H groups in total. The maximum atomic E-state index is 12.3. The van der Waals surface area contributed by atoms with E-state index in [-0.39, 0.29) is 24.3 Å². The number of carboxylic acid groups (broad SMARTS) is 1. The summed E-state index contributed by atoms with van der Waals surface area (Å²) in [5, 5.41) is 14.9. The Hall–Kier alpha value is -3.56. The number of aromatic nitrogens is 3. The molecule has 3 aromatic rings. The van der Waals surface area contributed by atoms with E-state index in [1.54, 1.807) is 12.4 Å². The van der Waals surface area contributed by atoms with Crippen LogP contribution in [0.15, 0.2) is 61.1 Å². The van der Waals surface area contributed by atoms with Gasteiger partial charge in [0.2, 0.25) is 5.91 Å². The number of hydrogen-bond acceptors (Lipinski definition) is 6. The van der Waals surface area contributed by atoms with Crippen molar-refractivity contribution in [3.63, 3.8) is 0 Å². The van der Waals surface area contributed by atoms with E-state index in [0.29, 0.717) is 19.8 Å². The number of pyridine rings is 1. The van der Waals surface area contributed by atoms with E-state index in [1.807, 2.05) is 47.1 Å². The van der Waals surface area contributed by atoms with Gasteiger partial charge in [0.1, 0.15) is 0 Å². The van der Waals surface area contributed by atoms with Gasteiger partial charge in [0.15, 0.2) is 0 Å². The predicted molar refractivity (Wildman–Crippen MR) is 117 cm³/mol. The second-order valence-electron chi connectivity index (χ2n) is 7.76. The lowest BCUT2D eigenvalue weighted by Crippen LogP contribution is -2.41. The standard InChI is InChI=1S/C22H23N5O2.CH2O2/c28-22-18-11-26(13-19(24-22)15-29-14-18)10-17-12-27(20-4-2-1-3-5-20)25-21(17)16-6-8-23-9-7-16;2-1-3/h1-9,12,18-19H,10-11,13-15H2,(H,24,28);1H,(H,2,3)/t18-,19+;/m1./s1. The second-order valence-corrected chi connectivity index (χ2v) is 7.76. The van der Waals surface area contributed by atoms with Crippen LogP contribution in [0.2, 0.25) is 0 Å². The Morgan fingerprint density at radius 1 is 1.12 bits per heavy atom. The van der Waals surface area contributed by atoms with E-state index in [0.717, 1.165) is 35.6 Å². The van der Waals surface area contributed by atoms with Gasteiger partial charge in [-0.1, -0.05) is 18.2 Å². The van der Waals surface area contributed by atoms with Crippen LogP contribution in [0, 0.1) is 5.92 Å². The summed E-state index contributed by atoms with van der Waals surface area (Å²) in [7, 11) is 0. The number of carbonyl (C=O) groups excluding carboxylic acids is 1. The molecule has 32 heavy (non-hydrogen) atoms. The summed E-state index contributed by atoms with van der Waals surface area (Å²) >= 11 is 0. The largest absolute Gasteiger partial charge is 0.483 e. The molecule has 2 fully saturated rings. The van der Waals surface area contributed by atoms with Gasteiger partial charge >= 0.3 is 0 Å². The Bertz CT molecular complexity index is 1040. The zero-order chi connectivity index (χ0) is 22.3. The molecule has 0 spiro atoms. The monoisotopic (exact) mass is 435 g/mol. The number of hydrogen-bond donors (Lipinski definition) is 2. The number of nitrogens with zero attached hydrogens (tertiary/aromatic N) is 4. The minimum absolute atomic E-state index is 0.0311. The molecule has 2 aliphatic heterocycles. The zero-order valence-corrected chi connectivity index (χ0v) is 17.5. The molecule has 166 valence electrons. The number of para-hydroxylation sites is 1. The molecule has 9 heteroatoms. The highest BCUT2D eigenvalue weighted by Crippen LogP contribution is 2.26. The van der Waals surface area contributed by atoms with E-state index in [1.165, 1.54) is 0 Å². The van der Waals surface area contributed by atoms with Crippen LogP contribution < -0.4 is 5.32 Å². The van der Waals surface area contributed by atoms with E-state index < -0.39 is 0 Å². The molecule has 5 rings (SSSR count). The Morgan fingerprint density at radius 2 is 1.88 bits per heavy atom. The molecule has 1 amide bonds. The molecule has 0 aliphatic carbocycles. The number of fused-ring (bicyclic) bond motifs is 3. The molecule has 1 aromatic carbocycles. The lowest BCUT2D eigenvalue weighted by atomic mass is 10.1. The molecular weight excluding hydrogens is 410 g/mol. The number of rotatable bonds is 4. The van der Waals surface area contributed by atoms with Gasteiger partial charge in [-0.3, -0.25) is 19.5 Å². The summed E-state index contributed by atoms with van der Waals surface area (Å²) in [6.07, 6.45) is 5.67. The second kappa shape index (κ2) is 10.2. The number of ether oxygens (including phenoxy) is 1. The first-order chi connectivity index (χ1) is 15.7. The molecular formula is C23H25N5O4. The van der Waals surface area contributed by atoms with Gasteiger partial charge < -0.3 is 15.2 Å². The fourth-order valence-electron chi connectivity index (χ4n) is 4.08. The van der Waals surface area contributed by atoms with Crippen LogP contribution in [0.5, 0.6) is 0 Å². The van der Waals surface area contributed by atoms with E-state index in [4.69, 9.17) is 19.7 Å². The fraction of sp³-hybridized carbons (Fsp3) is 0.304. The van der Waals surface area contributed by atoms with E-state index >= 15 is 0 Å². The van der Waals surface area contributed by atoms with E-state index in [9.17, 15) is 4.79 Å². The Balaban J connectivity index is 0.000000775. The molecule has 0 saturated carbocycles. The van der Waals surface area contributed by atoms with Crippen molar-refractivity contribution in [2.24, 2.45) is 5.92 Å². The Labute approximate surface area is 185 Å². The molecule has 0 unspecified atom stereocenters. The molecule has 2 aromatic heterocycles. The summed E-state index contributed by atoms with van der Waals surface area (Å²) in [6, 6.07) is 14.1. The fourth-order valence-corrected chi connectivity index (χ4v) is 4.08. The highest BCUT2D eigenvalue weighted by atomic mass is 16.5. The first-order valence-corrected chi connectivity index (χ1v) is 10.4. The van der Waals surface area contributed by atoms with Gasteiger partial charge in [-0.25, -0.2) is 4.68 Å². The van der Waals surface area contributed by atoms with Gasteiger partial charge in [-0.15, -0.1) is 0 Å². The van der Waals surface area contributed by atoms with Crippen LogP contribution in [-0.2, 0) is 20.9 Å². The Morgan fingerprint density at radius 3 is 2.62 bits per heavy atom. The Kier molecular flexibility index (Phi) is 6.88. The van der Waals surface area contributed by atoms with Gasteiger partial charge in [0.05, 0.1) is 36.6 Å². The lowest BCUT2D eigenvalue weighted by Gasteiger charge is -2.27. The van der Waals surface area contributed by atoms with Crippen LogP contribution in [-0.4, -0.2) is 69.5 Å². The van der Waals surface area contributed by atoms with Crippen LogP contribution in [0.25, 0.3) is 16.9 Å². The number of nitrogens with one attached hydrogen (secondary N) is 1. The van der Waals surface area contributed by atoms with Crippen molar-refractivity contribution in [1.29, 1.82) is 0 Å². The van der Waals surface area contributed by atoms with Crippen LogP contribution in [0.1, 0.15) is 5.56 Å². The van der Waals surface area contributed by atoms with Crippen molar-refractivity contribution >= 4 is 12.4 Å². The smallest absolute Gasteiger partial charge is 0.290 e. The van der Waals surface area contributed by atoms with Gasteiger partial charge in [0, 0.05) is 49.4 Å². The van der Waals surface area contributed by atoms with Crippen LogP contribution in [0.4, 0.5) is 0 Å². The van der Waals surface area contributed by atoms with E-state index in [2.05, 4.69) is 21.4 Å². The predicted octanol–water partition coefficient (Wildman–Crippen LogP) is 1.58. The third kappa shape index (κ3) is 5.01. The number of carbonyl (C=O) groups is 2. The molecule has 2 aliphatic rings. The molecule has 0 radical (unpaired) electrons. The van der Waals surface area contributed by atoms with Gasteiger partial charge in [-0.05, 0) is 24.3 Å². The summed E-state index contributed by atoms with van der Waals surface area (Å²) < 4.78 is 7.58. The van der Waals surface area contributed by atoms with Crippen molar-refractivity contribution in [1.82, 2.24) is 25.0 Å². The third-order valence-corrected chi connectivity index (χ3v) is 5.47. The molecule has 9 nitrogen and oxygen atoms in total. The van der Waals surface area contributed by atoms with Crippen molar-refractivity contribution in [2.75, 3.05) is 26.3 Å². The highest BCUT2D eigenvalue weighted by molar-refractivity contribution is 5.80. The highest BCUT2D eigenvalue weighted by Gasteiger charge is 2.33. The average Bonchev–Trinajstić information content (AvgIpc) is 3.06. The first kappa shape index (κ1) is 21.7. The van der Waals surface area contributed by atoms with Crippen molar-refractivity contribution < 1.29 is 19.4 Å². The van der Waals surface area contributed by atoms with Gasteiger partial charge in [0.25, 0.3) is 6.47 Å². The number of amides is 1. The van der Waals surface area contributed by atoms with Crippen molar-refractivity contribution in [2.45, 2.75) is 12.6 Å². The first-order valence-electron chi connectivity index (χ1n) is 10.4. The van der Waals surface area contributed by atoms with Crippen LogP contribution >= 0.6 is 0 Å². The molecule has 4 heterocycles. The average molecular weight is 435 g/mol. The summed E-state index contributed by atoms with van der Waals surface area (Å²) in [4.78, 5) is 27.2. The van der Waals surface area contributed by atoms with Crippen molar-refractivity contribution in [3.05, 3.63) is 66.6 Å². The third-order valence-electron chi connectivity index (χ3n) is 5.47. The molecule has 2 saturated heterocycles. The van der Waals surface area contributed by atoms with Crippen LogP contribution in [0.3, 0.4) is 0 Å². The lowest BCUT2D eigenvalue weighted by molar-refractivity contribution is -0.125. The summed E-state index contributed by atoms with van der Waals surface area (Å²) in [5.41, 5.74) is 4.14. The van der Waals surface area contributed by atoms with Crippen molar-refractivity contribution in [3.8, 4) is 16.9 Å². The quantitative estimate of drug-likeness (QED) is 0.599. The maximum absolute atomic E-state index is 12.3. The maximum Gasteiger partial charge on any atom is 0.290 e.